The predicted octanol–water partition coefficient (Wildman–Crippen LogP) is 3.51. The second-order valence-corrected chi connectivity index (χ2v) is 3.87. The average Bonchev–Trinajstić information content (AvgIpc) is 2.18. The maximum atomic E-state index is 13.0. The molecule has 0 aliphatic rings. The molecule has 0 spiro atoms. The molecular weight excluding hydrogens is 234 g/mol. The molecule has 0 amide bonds. The zero-order valence-corrected chi connectivity index (χ0v) is 9.37. The topological polar surface area (TPSA) is 12.0 Å². The minimum Gasteiger partial charge on any atom is -0.309 e. The number of nitrogens with one attached hydrogen (secondary N) is 1. The molecule has 0 saturated heterocycles. The van der Waals surface area contributed by atoms with Gasteiger partial charge < -0.3 is 5.32 Å². The molecule has 0 heterocycles. The molecule has 0 fully saturated rings. The van der Waals surface area contributed by atoms with Gasteiger partial charge in [-0.1, -0.05) is 18.2 Å². The summed E-state index contributed by atoms with van der Waals surface area (Å²) in [6, 6.07) is 2.98. The summed E-state index contributed by atoms with van der Waals surface area (Å²) in [5, 5.41) is 2.91. The Morgan fingerprint density at radius 1 is 1.35 bits per heavy atom. The molecule has 0 aromatic heterocycles. The Kier molecular flexibility index (Phi) is 4.28. The van der Waals surface area contributed by atoms with Crippen molar-refractivity contribution in [2.45, 2.75) is 19.6 Å². The standard InChI is InChI=1S/C12H13F4N/c1-8(2)6-17-7-9-3-4-11(13)10(5-9)12(14,15)16/h3-5,17H,1,6-7H2,2H3. The molecule has 1 nitrogen and oxygen atoms in total. The van der Waals surface area contributed by atoms with Crippen molar-refractivity contribution in [3.8, 4) is 0 Å². The zero-order chi connectivity index (χ0) is 13.1. The molecule has 0 saturated carbocycles. The highest BCUT2D eigenvalue weighted by Gasteiger charge is 2.34. The third-order valence-corrected chi connectivity index (χ3v) is 2.09. The van der Waals surface area contributed by atoms with Gasteiger partial charge in [-0.3, -0.25) is 0 Å². The Morgan fingerprint density at radius 2 is 2.00 bits per heavy atom. The van der Waals surface area contributed by atoms with E-state index in [0.717, 1.165) is 17.7 Å². The largest absolute Gasteiger partial charge is 0.419 e. The van der Waals surface area contributed by atoms with Crippen molar-refractivity contribution in [2.75, 3.05) is 6.54 Å². The SMILES string of the molecule is C=C(C)CNCc1ccc(F)c(C(F)(F)F)c1. The van der Waals surface area contributed by atoms with Crippen molar-refractivity contribution in [1.82, 2.24) is 5.32 Å². The maximum absolute atomic E-state index is 13.0. The van der Waals surface area contributed by atoms with Crippen LogP contribution in [0.15, 0.2) is 30.4 Å². The van der Waals surface area contributed by atoms with Gasteiger partial charge in [0.05, 0.1) is 5.56 Å². The van der Waals surface area contributed by atoms with E-state index in [1.165, 1.54) is 6.07 Å². The second-order valence-electron chi connectivity index (χ2n) is 3.87. The fourth-order valence-corrected chi connectivity index (χ4v) is 1.32. The van der Waals surface area contributed by atoms with Crippen molar-refractivity contribution >= 4 is 0 Å². The van der Waals surface area contributed by atoms with Gasteiger partial charge in [0.1, 0.15) is 5.82 Å². The molecular formula is C12H13F4N. The summed E-state index contributed by atoms with van der Waals surface area (Å²) >= 11 is 0. The van der Waals surface area contributed by atoms with Gasteiger partial charge in [0.25, 0.3) is 0 Å². The lowest BCUT2D eigenvalue weighted by molar-refractivity contribution is -0.140. The number of hydrogen-bond donors (Lipinski definition) is 1. The van der Waals surface area contributed by atoms with Crippen molar-refractivity contribution in [3.63, 3.8) is 0 Å². The number of benzene rings is 1. The first-order valence-corrected chi connectivity index (χ1v) is 5.01. The molecule has 0 aliphatic carbocycles. The lowest BCUT2D eigenvalue weighted by atomic mass is 10.1. The molecule has 0 atom stereocenters. The number of alkyl halides is 3. The van der Waals surface area contributed by atoms with Gasteiger partial charge in [-0.25, -0.2) is 4.39 Å². The van der Waals surface area contributed by atoms with Crippen LogP contribution in [0.5, 0.6) is 0 Å². The van der Waals surface area contributed by atoms with Crippen molar-refractivity contribution in [1.29, 1.82) is 0 Å². The van der Waals surface area contributed by atoms with Gasteiger partial charge in [0.15, 0.2) is 0 Å². The van der Waals surface area contributed by atoms with Gasteiger partial charge in [0.2, 0.25) is 0 Å². The van der Waals surface area contributed by atoms with E-state index in [1.807, 2.05) is 0 Å². The quantitative estimate of drug-likeness (QED) is 0.634. The van der Waals surface area contributed by atoms with Gasteiger partial charge >= 0.3 is 6.18 Å². The van der Waals surface area contributed by atoms with E-state index in [0.29, 0.717) is 12.1 Å². The van der Waals surface area contributed by atoms with Crippen LogP contribution in [0.1, 0.15) is 18.1 Å². The number of halogens is 4. The van der Waals surface area contributed by atoms with E-state index in [4.69, 9.17) is 0 Å². The summed E-state index contributed by atoms with van der Waals surface area (Å²) < 4.78 is 50.2. The average molecular weight is 247 g/mol. The Morgan fingerprint density at radius 3 is 2.53 bits per heavy atom. The first-order chi connectivity index (χ1) is 7.80. The Bertz CT molecular complexity index is 409. The molecule has 0 aliphatic heterocycles. The van der Waals surface area contributed by atoms with Crippen molar-refractivity contribution < 1.29 is 17.6 Å². The molecule has 0 radical (unpaired) electrons. The van der Waals surface area contributed by atoms with Crippen molar-refractivity contribution in [2.24, 2.45) is 0 Å². The Labute approximate surface area is 97.1 Å². The molecule has 0 unspecified atom stereocenters. The van der Waals surface area contributed by atoms with E-state index in [1.54, 1.807) is 6.92 Å². The summed E-state index contributed by atoms with van der Waals surface area (Å²) in [5.74, 6) is -1.25. The third-order valence-electron chi connectivity index (χ3n) is 2.09. The minimum absolute atomic E-state index is 0.246. The summed E-state index contributed by atoms with van der Waals surface area (Å²) in [6.45, 7) is 6.22. The molecule has 0 bridgehead atoms. The Hall–Kier alpha value is -1.36. The van der Waals surface area contributed by atoms with Gasteiger partial charge in [0, 0.05) is 13.1 Å². The smallest absolute Gasteiger partial charge is 0.309 e. The molecule has 1 aromatic carbocycles. The predicted molar refractivity (Wildman–Crippen MR) is 57.9 cm³/mol. The molecule has 1 aromatic rings. The lowest BCUT2D eigenvalue weighted by Crippen LogP contribution is -2.16. The van der Waals surface area contributed by atoms with E-state index in [2.05, 4.69) is 11.9 Å². The van der Waals surface area contributed by atoms with E-state index >= 15 is 0 Å². The molecule has 94 valence electrons. The normalized spacial score (nSPS) is 11.6. The summed E-state index contributed by atoms with van der Waals surface area (Å²) in [6.07, 6.45) is -4.66. The summed E-state index contributed by atoms with van der Waals surface area (Å²) in [5.41, 5.74) is 0.0373. The first kappa shape index (κ1) is 13.7. The highest BCUT2D eigenvalue weighted by atomic mass is 19.4. The molecule has 1 rings (SSSR count). The molecule has 1 N–H and O–H groups in total. The highest BCUT2D eigenvalue weighted by Crippen LogP contribution is 2.31. The van der Waals surface area contributed by atoms with Crippen LogP contribution < -0.4 is 5.32 Å². The Balaban J connectivity index is 2.79. The van der Waals surface area contributed by atoms with Gasteiger partial charge in [-0.15, -0.1) is 0 Å². The maximum Gasteiger partial charge on any atom is 0.419 e. The fourth-order valence-electron chi connectivity index (χ4n) is 1.32. The van der Waals surface area contributed by atoms with Gasteiger partial charge in [-0.05, 0) is 24.6 Å². The van der Waals surface area contributed by atoms with Crippen molar-refractivity contribution in [3.05, 3.63) is 47.3 Å². The molecule has 17 heavy (non-hydrogen) atoms. The third kappa shape index (κ3) is 4.19. The monoisotopic (exact) mass is 247 g/mol. The van der Waals surface area contributed by atoms with Crippen LogP contribution in [-0.4, -0.2) is 6.54 Å². The van der Waals surface area contributed by atoms with Crippen LogP contribution in [0.4, 0.5) is 17.6 Å². The second kappa shape index (κ2) is 5.31. The van der Waals surface area contributed by atoms with Crippen LogP contribution in [0.3, 0.4) is 0 Å². The van der Waals surface area contributed by atoms with E-state index in [9.17, 15) is 17.6 Å². The van der Waals surface area contributed by atoms with Crippen LogP contribution in [0.25, 0.3) is 0 Å². The van der Waals surface area contributed by atoms with Crippen LogP contribution in [-0.2, 0) is 12.7 Å². The lowest BCUT2D eigenvalue weighted by Gasteiger charge is -2.10. The van der Waals surface area contributed by atoms with Crippen LogP contribution in [0, 0.1) is 5.82 Å². The van der Waals surface area contributed by atoms with E-state index < -0.39 is 17.6 Å². The van der Waals surface area contributed by atoms with E-state index in [-0.39, 0.29) is 6.54 Å². The summed E-state index contributed by atoms with van der Waals surface area (Å²) in [4.78, 5) is 0. The highest BCUT2D eigenvalue weighted by molar-refractivity contribution is 5.27. The zero-order valence-electron chi connectivity index (χ0n) is 9.37. The number of hydrogen-bond acceptors (Lipinski definition) is 1. The summed E-state index contributed by atoms with van der Waals surface area (Å²) in [7, 11) is 0. The fraction of sp³-hybridized carbons (Fsp3) is 0.333. The minimum atomic E-state index is -4.66. The van der Waals surface area contributed by atoms with Gasteiger partial charge in [-0.2, -0.15) is 13.2 Å². The molecule has 5 heteroatoms. The number of rotatable bonds is 4. The van der Waals surface area contributed by atoms with Crippen LogP contribution >= 0.6 is 0 Å². The first-order valence-electron chi connectivity index (χ1n) is 5.01. The van der Waals surface area contributed by atoms with Crippen LogP contribution in [0.2, 0.25) is 0 Å².